The first-order valence-electron chi connectivity index (χ1n) is 11.2. The zero-order valence-electron chi connectivity index (χ0n) is 19.8. The summed E-state index contributed by atoms with van der Waals surface area (Å²) in [6, 6.07) is 26.6. The summed E-state index contributed by atoms with van der Waals surface area (Å²) in [5, 5.41) is 2.94. The molecule has 1 amide bonds. The van der Waals surface area contributed by atoms with Gasteiger partial charge in [0.05, 0.1) is 5.56 Å². The van der Waals surface area contributed by atoms with Crippen LogP contribution in [0, 0.1) is 27.7 Å². The van der Waals surface area contributed by atoms with E-state index in [-0.39, 0.29) is 0 Å². The zero-order valence-corrected chi connectivity index (χ0v) is 19.8. The van der Waals surface area contributed by atoms with Crippen LogP contribution in [-0.4, -0.2) is 16.4 Å². The Morgan fingerprint density at radius 2 is 1.47 bits per heavy atom. The number of rotatable bonds is 6. The summed E-state index contributed by atoms with van der Waals surface area (Å²) < 4.78 is 7.85. The highest BCUT2D eigenvalue weighted by Crippen LogP contribution is 2.26. The lowest BCUT2D eigenvalue weighted by Crippen LogP contribution is -2.26. The van der Waals surface area contributed by atoms with Crippen LogP contribution in [0.1, 0.15) is 44.5 Å². The van der Waals surface area contributed by atoms with Gasteiger partial charge in [0, 0.05) is 28.3 Å². The van der Waals surface area contributed by atoms with Gasteiger partial charge in [-0.15, -0.1) is 0 Å². The van der Waals surface area contributed by atoms with Crippen LogP contribution >= 0.6 is 0 Å². The Hall–Kier alpha value is -4.12. The molecule has 1 atom stereocenters. The molecule has 1 heterocycles. The van der Waals surface area contributed by atoms with Crippen molar-refractivity contribution in [3.05, 3.63) is 119 Å². The molecule has 3 aromatic carbocycles. The molecule has 1 N–H and O–H groups in total. The number of para-hydroxylation sites is 1. The molecule has 0 unspecified atom stereocenters. The maximum atomic E-state index is 13.3. The molecule has 0 spiro atoms. The second-order valence-electron chi connectivity index (χ2n) is 8.46. The van der Waals surface area contributed by atoms with E-state index >= 15 is 0 Å². The molecule has 0 radical (unpaired) electrons. The summed E-state index contributed by atoms with van der Waals surface area (Å²) in [5.74, 6) is -0.939. The second-order valence-corrected chi connectivity index (χ2v) is 8.46. The van der Waals surface area contributed by atoms with Crippen LogP contribution in [0.15, 0.2) is 84.9 Å². The number of anilines is 1. The third-order valence-electron chi connectivity index (χ3n) is 5.88. The lowest BCUT2D eigenvalue weighted by atomic mass is 10.1. The quantitative estimate of drug-likeness (QED) is 0.352. The third kappa shape index (κ3) is 4.79. The molecule has 5 nitrogen and oxygen atoms in total. The number of carbonyl (C=O) groups excluding carboxylic acids is 2. The highest BCUT2D eigenvalue weighted by molar-refractivity contribution is 5.99. The van der Waals surface area contributed by atoms with E-state index in [1.165, 1.54) is 0 Å². The highest BCUT2D eigenvalue weighted by atomic mass is 16.5. The number of nitrogens with zero attached hydrogens (tertiary/aromatic N) is 1. The molecular weight excluding hydrogens is 424 g/mol. The average molecular weight is 453 g/mol. The van der Waals surface area contributed by atoms with Crippen LogP contribution in [0.25, 0.3) is 5.69 Å². The minimum atomic E-state index is -1.09. The SMILES string of the molecule is Cc1ccc(C)c(NC(=O)[C@H](OC(=O)c2cc(C)n(-c3ccccc3)c2C)c2ccccc2)c1. The van der Waals surface area contributed by atoms with E-state index < -0.39 is 18.0 Å². The molecule has 0 aliphatic rings. The average Bonchev–Trinajstić information content (AvgIpc) is 3.14. The van der Waals surface area contributed by atoms with Crippen LogP contribution in [-0.2, 0) is 9.53 Å². The molecule has 0 saturated carbocycles. The van der Waals surface area contributed by atoms with Crippen molar-refractivity contribution >= 4 is 17.6 Å². The number of hydrogen-bond acceptors (Lipinski definition) is 3. The van der Waals surface area contributed by atoms with Gasteiger partial charge in [-0.05, 0) is 63.1 Å². The van der Waals surface area contributed by atoms with Crippen molar-refractivity contribution in [1.29, 1.82) is 0 Å². The molecule has 0 fully saturated rings. The van der Waals surface area contributed by atoms with Gasteiger partial charge in [0.25, 0.3) is 5.91 Å². The predicted molar refractivity (Wildman–Crippen MR) is 134 cm³/mol. The molecule has 172 valence electrons. The van der Waals surface area contributed by atoms with Crippen molar-refractivity contribution in [2.45, 2.75) is 33.8 Å². The van der Waals surface area contributed by atoms with Crippen LogP contribution < -0.4 is 5.32 Å². The summed E-state index contributed by atoms with van der Waals surface area (Å²) in [6.45, 7) is 7.71. The Bertz CT molecular complexity index is 1320. The molecule has 1 aromatic heterocycles. The summed E-state index contributed by atoms with van der Waals surface area (Å²) in [5.41, 5.74) is 6.33. The minimum Gasteiger partial charge on any atom is -0.444 e. The largest absolute Gasteiger partial charge is 0.444 e. The number of benzene rings is 3. The van der Waals surface area contributed by atoms with Crippen LogP contribution in [0.3, 0.4) is 0 Å². The van der Waals surface area contributed by atoms with Crippen molar-refractivity contribution < 1.29 is 14.3 Å². The fourth-order valence-corrected chi connectivity index (χ4v) is 4.08. The van der Waals surface area contributed by atoms with Gasteiger partial charge in [-0.2, -0.15) is 0 Å². The van der Waals surface area contributed by atoms with Gasteiger partial charge in [-0.3, -0.25) is 4.79 Å². The van der Waals surface area contributed by atoms with Crippen LogP contribution in [0.5, 0.6) is 0 Å². The number of hydrogen-bond donors (Lipinski definition) is 1. The first kappa shape index (κ1) is 23.1. The number of carbonyl (C=O) groups is 2. The maximum Gasteiger partial charge on any atom is 0.341 e. The van der Waals surface area contributed by atoms with Crippen molar-refractivity contribution in [2.75, 3.05) is 5.32 Å². The van der Waals surface area contributed by atoms with E-state index in [1.807, 2.05) is 99.0 Å². The van der Waals surface area contributed by atoms with Crippen molar-refractivity contribution in [2.24, 2.45) is 0 Å². The van der Waals surface area contributed by atoms with Gasteiger partial charge < -0.3 is 14.6 Å². The second kappa shape index (κ2) is 9.79. The molecular formula is C29H28N2O3. The van der Waals surface area contributed by atoms with Crippen molar-refractivity contribution in [3.63, 3.8) is 0 Å². The molecule has 0 aliphatic heterocycles. The molecule has 34 heavy (non-hydrogen) atoms. The summed E-state index contributed by atoms with van der Waals surface area (Å²) in [4.78, 5) is 26.6. The molecule has 0 aliphatic carbocycles. The standard InChI is InChI=1S/C29H28N2O3/c1-19-15-16-20(2)26(17-19)30-28(32)27(23-11-7-5-8-12-23)34-29(33)25-18-21(3)31(22(25)4)24-13-9-6-10-14-24/h5-18,27H,1-4H3,(H,30,32)/t27-/m1/s1. The predicted octanol–water partition coefficient (Wildman–Crippen LogP) is 6.25. The normalized spacial score (nSPS) is 11.6. The number of nitrogens with one attached hydrogen (secondary N) is 1. The topological polar surface area (TPSA) is 60.3 Å². The van der Waals surface area contributed by atoms with Gasteiger partial charge in [-0.1, -0.05) is 60.7 Å². The monoisotopic (exact) mass is 452 g/mol. The Balaban J connectivity index is 1.65. The molecule has 4 aromatic rings. The van der Waals surface area contributed by atoms with E-state index in [4.69, 9.17) is 4.74 Å². The van der Waals surface area contributed by atoms with Crippen molar-refractivity contribution in [1.82, 2.24) is 4.57 Å². The van der Waals surface area contributed by atoms with E-state index in [1.54, 1.807) is 18.2 Å². The first-order chi connectivity index (χ1) is 16.3. The number of aryl methyl sites for hydroxylation is 3. The smallest absolute Gasteiger partial charge is 0.341 e. The fraction of sp³-hybridized carbons (Fsp3) is 0.172. The Morgan fingerprint density at radius 1 is 0.824 bits per heavy atom. The lowest BCUT2D eigenvalue weighted by molar-refractivity contribution is -0.125. The van der Waals surface area contributed by atoms with Gasteiger partial charge >= 0.3 is 5.97 Å². The number of amides is 1. The van der Waals surface area contributed by atoms with E-state index in [0.29, 0.717) is 16.8 Å². The molecule has 0 bridgehead atoms. The number of aromatic nitrogens is 1. The van der Waals surface area contributed by atoms with E-state index in [0.717, 1.165) is 28.2 Å². The lowest BCUT2D eigenvalue weighted by Gasteiger charge is -2.19. The van der Waals surface area contributed by atoms with E-state index in [9.17, 15) is 9.59 Å². The Labute approximate surface area is 200 Å². The highest BCUT2D eigenvalue weighted by Gasteiger charge is 2.28. The van der Waals surface area contributed by atoms with Crippen LogP contribution in [0.4, 0.5) is 5.69 Å². The Kier molecular flexibility index (Phi) is 6.64. The van der Waals surface area contributed by atoms with Gasteiger partial charge in [0.2, 0.25) is 6.10 Å². The van der Waals surface area contributed by atoms with Crippen molar-refractivity contribution in [3.8, 4) is 5.69 Å². The fourth-order valence-electron chi connectivity index (χ4n) is 4.08. The molecule has 0 saturated heterocycles. The molecule has 5 heteroatoms. The Morgan fingerprint density at radius 3 is 2.15 bits per heavy atom. The van der Waals surface area contributed by atoms with Gasteiger partial charge in [-0.25, -0.2) is 4.79 Å². The summed E-state index contributed by atoms with van der Waals surface area (Å²) in [6.07, 6.45) is -1.09. The molecule has 4 rings (SSSR count). The summed E-state index contributed by atoms with van der Waals surface area (Å²) in [7, 11) is 0. The van der Waals surface area contributed by atoms with Crippen LogP contribution in [0.2, 0.25) is 0 Å². The summed E-state index contributed by atoms with van der Waals surface area (Å²) >= 11 is 0. The van der Waals surface area contributed by atoms with Gasteiger partial charge in [0.1, 0.15) is 0 Å². The third-order valence-corrected chi connectivity index (χ3v) is 5.88. The minimum absolute atomic E-state index is 0.398. The zero-order chi connectivity index (χ0) is 24.2. The number of ether oxygens (including phenoxy) is 1. The number of esters is 1. The first-order valence-corrected chi connectivity index (χ1v) is 11.2. The van der Waals surface area contributed by atoms with E-state index in [2.05, 4.69) is 5.32 Å². The van der Waals surface area contributed by atoms with Gasteiger partial charge in [0.15, 0.2) is 0 Å². The maximum absolute atomic E-state index is 13.3.